The summed E-state index contributed by atoms with van der Waals surface area (Å²) in [6.07, 6.45) is 2.82. The van der Waals surface area contributed by atoms with Crippen molar-refractivity contribution in [3.05, 3.63) is 0 Å². The van der Waals surface area contributed by atoms with Crippen molar-refractivity contribution < 1.29 is 0 Å². The molecule has 0 amide bonds. The van der Waals surface area contributed by atoms with Crippen LogP contribution >= 0.6 is 22.6 Å². The molecule has 0 radical (unpaired) electrons. The second-order valence-corrected chi connectivity index (χ2v) is 6.42. The maximum Gasteiger partial charge on any atom is 0.0138 e. The Morgan fingerprint density at radius 2 is 1.82 bits per heavy atom. The molecule has 1 aliphatic carbocycles. The summed E-state index contributed by atoms with van der Waals surface area (Å²) in [6, 6.07) is 0. The van der Waals surface area contributed by atoms with Gasteiger partial charge in [0.1, 0.15) is 0 Å². The summed E-state index contributed by atoms with van der Waals surface area (Å²) < 4.78 is 0.913. The molecule has 1 fully saturated rings. The average Bonchev–Trinajstić information content (AvgIpc) is 1.83. The van der Waals surface area contributed by atoms with Crippen molar-refractivity contribution in [2.24, 2.45) is 17.3 Å². The maximum atomic E-state index is 2.61. The Morgan fingerprint density at radius 1 is 1.27 bits per heavy atom. The lowest BCUT2D eigenvalue weighted by atomic mass is 9.66. The van der Waals surface area contributed by atoms with E-state index in [4.69, 9.17) is 0 Å². The first kappa shape index (κ1) is 9.82. The zero-order chi connectivity index (χ0) is 8.65. The topological polar surface area (TPSA) is 0 Å². The first-order chi connectivity index (χ1) is 4.93. The Bertz CT molecular complexity index is 140. The second-order valence-electron chi connectivity index (χ2n) is 4.82. The van der Waals surface area contributed by atoms with Crippen molar-refractivity contribution in [1.82, 2.24) is 0 Å². The molecule has 0 bridgehead atoms. The van der Waals surface area contributed by atoms with Gasteiger partial charge in [-0.15, -0.1) is 0 Å². The van der Waals surface area contributed by atoms with Gasteiger partial charge in [0.25, 0.3) is 0 Å². The van der Waals surface area contributed by atoms with Gasteiger partial charge in [0, 0.05) is 3.92 Å². The molecule has 0 nitrogen and oxygen atoms in total. The third-order valence-electron chi connectivity index (χ3n) is 3.38. The van der Waals surface area contributed by atoms with E-state index in [0.29, 0.717) is 5.41 Å². The van der Waals surface area contributed by atoms with Crippen LogP contribution in [0, 0.1) is 17.3 Å². The molecular weight excluding hydrogens is 247 g/mol. The highest BCUT2D eigenvalue weighted by Crippen LogP contribution is 2.45. The fourth-order valence-corrected chi connectivity index (χ4v) is 3.07. The maximum absolute atomic E-state index is 2.61. The molecule has 1 aliphatic rings. The van der Waals surface area contributed by atoms with Crippen molar-refractivity contribution >= 4 is 22.6 Å². The van der Waals surface area contributed by atoms with Gasteiger partial charge in [-0.1, -0.05) is 50.3 Å². The van der Waals surface area contributed by atoms with Gasteiger partial charge in [0.05, 0.1) is 0 Å². The van der Waals surface area contributed by atoms with Gasteiger partial charge in [-0.2, -0.15) is 0 Å². The van der Waals surface area contributed by atoms with Crippen LogP contribution in [-0.2, 0) is 0 Å². The largest absolute Gasteiger partial charge is 0.0823 e. The molecular formula is C10H19I. The summed E-state index contributed by atoms with van der Waals surface area (Å²) in [6.45, 7) is 9.62. The minimum absolute atomic E-state index is 0.584. The second kappa shape index (κ2) is 3.23. The van der Waals surface area contributed by atoms with Crippen LogP contribution < -0.4 is 0 Å². The average molecular weight is 266 g/mol. The molecule has 0 spiro atoms. The zero-order valence-electron chi connectivity index (χ0n) is 8.02. The molecule has 11 heavy (non-hydrogen) atoms. The normalized spacial score (nSPS) is 43.9. The number of rotatable bonds is 0. The summed E-state index contributed by atoms with van der Waals surface area (Å²) in [7, 11) is 0. The highest BCUT2D eigenvalue weighted by molar-refractivity contribution is 14.1. The molecule has 1 rings (SSSR count). The van der Waals surface area contributed by atoms with Crippen LogP contribution in [0.5, 0.6) is 0 Å². The lowest BCUT2D eigenvalue weighted by molar-refractivity contribution is 0.125. The van der Waals surface area contributed by atoms with Gasteiger partial charge in [0.2, 0.25) is 0 Å². The lowest BCUT2D eigenvalue weighted by Crippen LogP contribution is -2.35. The predicted octanol–water partition coefficient (Wildman–Crippen LogP) is 3.88. The number of alkyl halides is 1. The summed E-state index contributed by atoms with van der Waals surface area (Å²) in [5, 5.41) is 0. The van der Waals surface area contributed by atoms with Gasteiger partial charge < -0.3 is 0 Å². The molecule has 0 aromatic heterocycles. The zero-order valence-corrected chi connectivity index (χ0v) is 10.2. The molecule has 0 N–H and O–H groups in total. The Kier molecular flexibility index (Phi) is 2.88. The number of halogens is 1. The summed E-state index contributed by atoms with van der Waals surface area (Å²) in [5.74, 6) is 1.82. The minimum Gasteiger partial charge on any atom is -0.0823 e. The number of hydrogen-bond donors (Lipinski definition) is 0. The van der Waals surface area contributed by atoms with Crippen molar-refractivity contribution in [1.29, 1.82) is 0 Å². The van der Waals surface area contributed by atoms with E-state index >= 15 is 0 Å². The lowest BCUT2D eigenvalue weighted by Gasteiger charge is -2.42. The van der Waals surface area contributed by atoms with Crippen LogP contribution in [0.3, 0.4) is 0 Å². The number of hydrogen-bond acceptors (Lipinski definition) is 0. The Balaban J connectivity index is 2.63. The smallest absolute Gasteiger partial charge is 0.0138 e. The molecule has 0 heterocycles. The van der Waals surface area contributed by atoms with Crippen molar-refractivity contribution in [2.75, 3.05) is 0 Å². The van der Waals surface area contributed by atoms with Crippen LogP contribution in [0.1, 0.15) is 40.5 Å². The minimum atomic E-state index is 0.584. The van der Waals surface area contributed by atoms with Gasteiger partial charge in [-0.05, 0) is 30.1 Å². The van der Waals surface area contributed by atoms with Gasteiger partial charge in [-0.3, -0.25) is 0 Å². The van der Waals surface area contributed by atoms with E-state index in [1.165, 1.54) is 12.8 Å². The SMILES string of the molecule is C[C@@H]1CC(C)(C)[C@@H](C)C[C@H]1I. The van der Waals surface area contributed by atoms with E-state index < -0.39 is 0 Å². The van der Waals surface area contributed by atoms with Gasteiger partial charge >= 0.3 is 0 Å². The van der Waals surface area contributed by atoms with E-state index in [2.05, 4.69) is 50.3 Å². The quantitative estimate of drug-likeness (QED) is 0.461. The first-order valence-electron chi connectivity index (χ1n) is 4.57. The third-order valence-corrected chi connectivity index (χ3v) is 5.11. The Morgan fingerprint density at radius 3 is 2.27 bits per heavy atom. The van der Waals surface area contributed by atoms with Crippen LogP contribution in [0.2, 0.25) is 0 Å². The molecule has 0 aliphatic heterocycles. The summed E-state index contributed by atoms with van der Waals surface area (Å²) in [5.41, 5.74) is 0.584. The highest BCUT2D eigenvalue weighted by Gasteiger charge is 2.36. The van der Waals surface area contributed by atoms with Gasteiger partial charge in [-0.25, -0.2) is 0 Å². The standard InChI is InChI=1S/C10H19I/c1-7-6-10(3,4)8(2)5-9(7)11/h7-9H,5-6H2,1-4H3/t7-,8+,9-/m1/s1. The third kappa shape index (κ3) is 2.10. The molecule has 3 atom stereocenters. The molecule has 1 heteroatoms. The molecule has 0 aromatic rings. The molecule has 0 aromatic carbocycles. The van der Waals surface area contributed by atoms with E-state index in [-0.39, 0.29) is 0 Å². The van der Waals surface area contributed by atoms with Gasteiger partial charge in [0.15, 0.2) is 0 Å². The molecule has 0 unspecified atom stereocenters. The fraction of sp³-hybridized carbons (Fsp3) is 1.00. The monoisotopic (exact) mass is 266 g/mol. The van der Waals surface area contributed by atoms with Crippen LogP contribution in [0.25, 0.3) is 0 Å². The van der Waals surface area contributed by atoms with Crippen molar-refractivity contribution in [3.8, 4) is 0 Å². The molecule has 1 saturated carbocycles. The Hall–Kier alpha value is 0.730. The highest BCUT2D eigenvalue weighted by atomic mass is 127. The molecule has 66 valence electrons. The summed E-state index contributed by atoms with van der Waals surface area (Å²) in [4.78, 5) is 0. The van der Waals surface area contributed by atoms with Crippen molar-refractivity contribution in [3.63, 3.8) is 0 Å². The van der Waals surface area contributed by atoms with E-state index in [1.54, 1.807) is 0 Å². The summed E-state index contributed by atoms with van der Waals surface area (Å²) >= 11 is 2.61. The fourth-order valence-electron chi connectivity index (χ4n) is 2.05. The Labute approximate surface area is 84.3 Å². The van der Waals surface area contributed by atoms with Crippen LogP contribution in [-0.4, -0.2) is 3.92 Å². The van der Waals surface area contributed by atoms with E-state index in [9.17, 15) is 0 Å². The molecule has 0 saturated heterocycles. The van der Waals surface area contributed by atoms with E-state index in [0.717, 1.165) is 15.8 Å². The van der Waals surface area contributed by atoms with Crippen LogP contribution in [0.4, 0.5) is 0 Å². The first-order valence-corrected chi connectivity index (χ1v) is 5.82. The van der Waals surface area contributed by atoms with E-state index in [1.807, 2.05) is 0 Å². The predicted molar refractivity (Wildman–Crippen MR) is 59.2 cm³/mol. The van der Waals surface area contributed by atoms with Crippen molar-refractivity contribution in [2.45, 2.75) is 44.5 Å². The van der Waals surface area contributed by atoms with Crippen LogP contribution in [0.15, 0.2) is 0 Å².